The summed E-state index contributed by atoms with van der Waals surface area (Å²) in [5.41, 5.74) is 2.15. The Morgan fingerprint density at radius 1 is 1.32 bits per heavy atom. The van der Waals surface area contributed by atoms with Gasteiger partial charge in [-0.25, -0.2) is 4.79 Å². The van der Waals surface area contributed by atoms with Gasteiger partial charge in [-0.05, 0) is 31.2 Å². The Bertz CT molecular complexity index is 498. The molecule has 4 nitrogen and oxygen atoms in total. The SMILES string of the molecule is Cc1cccc(C2CCC(C)CN2C(=O)C(=O)O)c1. The van der Waals surface area contributed by atoms with Gasteiger partial charge in [0.25, 0.3) is 0 Å². The third kappa shape index (κ3) is 2.95. The number of amides is 1. The van der Waals surface area contributed by atoms with Gasteiger partial charge in [-0.15, -0.1) is 0 Å². The fourth-order valence-corrected chi connectivity index (χ4v) is 2.72. The predicted molar refractivity (Wildman–Crippen MR) is 71.7 cm³/mol. The molecule has 19 heavy (non-hydrogen) atoms. The number of carbonyl (C=O) groups excluding carboxylic acids is 1. The Labute approximate surface area is 113 Å². The second kappa shape index (κ2) is 5.43. The summed E-state index contributed by atoms with van der Waals surface area (Å²) in [5, 5.41) is 8.95. The summed E-state index contributed by atoms with van der Waals surface area (Å²) in [7, 11) is 0. The molecule has 102 valence electrons. The van der Waals surface area contributed by atoms with E-state index in [2.05, 4.69) is 6.92 Å². The maximum atomic E-state index is 11.8. The molecule has 2 unspecified atom stereocenters. The average molecular weight is 261 g/mol. The highest BCUT2D eigenvalue weighted by atomic mass is 16.4. The number of hydrogen-bond donors (Lipinski definition) is 1. The van der Waals surface area contributed by atoms with Crippen LogP contribution >= 0.6 is 0 Å². The van der Waals surface area contributed by atoms with Gasteiger partial charge in [-0.3, -0.25) is 4.79 Å². The third-order valence-electron chi connectivity index (χ3n) is 3.69. The van der Waals surface area contributed by atoms with Crippen LogP contribution in [-0.4, -0.2) is 28.4 Å². The Morgan fingerprint density at radius 2 is 2.05 bits per heavy atom. The molecule has 0 aromatic heterocycles. The Balaban J connectivity index is 2.30. The molecule has 1 aliphatic heterocycles. The van der Waals surface area contributed by atoms with Crippen LogP contribution in [0.1, 0.15) is 36.9 Å². The van der Waals surface area contributed by atoms with E-state index in [9.17, 15) is 9.59 Å². The van der Waals surface area contributed by atoms with Crippen molar-refractivity contribution < 1.29 is 14.7 Å². The van der Waals surface area contributed by atoms with Gasteiger partial charge in [0.05, 0.1) is 6.04 Å². The number of piperidine rings is 1. The standard InChI is InChI=1S/C15H19NO3/c1-10-4-3-5-12(8-10)13-7-6-11(2)9-16(13)14(17)15(18)19/h3-5,8,11,13H,6-7,9H2,1-2H3,(H,18,19). The lowest BCUT2D eigenvalue weighted by Gasteiger charge is -2.38. The summed E-state index contributed by atoms with van der Waals surface area (Å²) in [6.07, 6.45) is 1.84. The first-order valence-electron chi connectivity index (χ1n) is 6.59. The molecule has 2 atom stereocenters. The summed E-state index contributed by atoms with van der Waals surface area (Å²) < 4.78 is 0. The highest BCUT2D eigenvalue weighted by Gasteiger charge is 2.33. The van der Waals surface area contributed by atoms with Crippen molar-refractivity contribution in [3.8, 4) is 0 Å². The first kappa shape index (κ1) is 13.6. The molecule has 1 saturated heterocycles. The van der Waals surface area contributed by atoms with Crippen LogP contribution in [0.4, 0.5) is 0 Å². The lowest BCUT2D eigenvalue weighted by atomic mass is 9.89. The molecule has 4 heteroatoms. The van der Waals surface area contributed by atoms with Gasteiger partial charge < -0.3 is 10.0 Å². The van der Waals surface area contributed by atoms with Crippen LogP contribution in [-0.2, 0) is 9.59 Å². The Hall–Kier alpha value is -1.84. The van der Waals surface area contributed by atoms with Gasteiger partial charge >= 0.3 is 11.9 Å². The van der Waals surface area contributed by atoms with Gasteiger partial charge in [0.15, 0.2) is 0 Å². The van der Waals surface area contributed by atoms with Crippen molar-refractivity contribution in [2.75, 3.05) is 6.54 Å². The van der Waals surface area contributed by atoms with Crippen molar-refractivity contribution in [1.29, 1.82) is 0 Å². The summed E-state index contributed by atoms with van der Waals surface area (Å²) in [6, 6.07) is 7.84. The van der Waals surface area contributed by atoms with Gasteiger partial charge in [0.2, 0.25) is 0 Å². The molecule has 1 N–H and O–H groups in total. The largest absolute Gasteiger partial charge is 0.474 e. The minimum absolute atomic E-state index is 0.111. The zero-order chi connectivity index (χ0) is 14.0. The smallest absolute Gasteiger partial charge is 0.394 e. The molecule has 1 aromatic carbocycles. The number of hydrogen-bond acceptors (Lipinski definition) is 2. The highest BCUT2D eigenvalue weighted by Crippen LogP contribution is 2.33. The number of rotatable bonds is 1. The summed E-state index contributed by atoms with van der Waals surface area (Å²) in [4.78, 5) is 24.3. The number of aryl methyl sites for hydroxylation is 1. The lowest BCUT2D eigenvalue weighted by molar-refractivity contribution is -0.158. The topological polar surface area (TPSA) is 57.6 Å². The summed E-state index contributed by atoms with van der Waals surface area (Å²) in [6.45, 7) is 4.57. The molecule has 1 heterocycles. The zero-order valence-corrected chi connectivity index (χ0v) is 11.3. The van der Waals surface area contributed by atoms with Crippen molar-refractivity contribution in [3.05, 3.63) is 35.4 Å². The average Bonchev–Trinajstić information content (AvgIpc) is 2.37. The van der Waals surface area contributed by atoms with E-state index in [1.54, 1.807) is 0 Å². The fourth-order valence-electron chi connectivity index (χ4n) is 2.72. The maximum absolute atomic E-state index is 11.8. The summed E-state index contributed by atoms with van der Waals surface area (Å²) >= 11 is 0. The fraction of sp³-hybridized carbons (Fsp3) is 0.467. The van der Waals surface area contributed by atoms with Crippen molar-refractivity contribution in [1.82, 2.24) is 4.90 Å². The van der Waals surface area contributed by atoms with E-state index in [4.69, 9.17) is 5.11 Å². The second-order valence-corrected chi connectivity index (χ2v) is 5.38. The van der Waals surface area contributed by atoms with Crippen LogP contribution < -0.4 is 0 Å². The minimum Gasteiger partial charge on any atom is -0.474 e. The van der Waals surface area contributed by atoms with E-state index in [0.717, 1.165) is 24.0 Å². The quantitative estimate of drug-likeness (QED) is 0.790. The predicted octanol–water partition coefficient (Wildman–Crippen LogP) is 2.38. The Kier molecular flexibility index (Phi) is 3.88. The molecule has 0 bridgehead atoms. The molecule has 0 aliphatic carbocycles. The van der Waals surface area contributed by atoms with Gasteiger partial charge in [-0.2, -0.15) is 0 Å². The zero-order valence-electron chi connectivity index (χ0n) is 11.3. The van der Waals surface area contributed by atoms with E-state index in [1.807, 2.05) is 31.2 Å². The normalized spacial score (nSPS) is 23.2. The van der Waals surface area contributed by atoms with Crippen molar-refractivity contribution >= 4 is 11.9 Å². The van der Waals surface area contributed by atoms with Gasteiger partial charge in [-0.1, -0.05) is 36.8 Å². The molecule has 0 spiro atoms. The molecule has 1 fully saturated rings. The van der Waals surface area contributed by atoms with Crippen molar-refractivity contribution in [3.63, 3.8) is 0 Å². The van der Waals surface area contributed by atoms with Crippen LogP contribution in [0.25, 0.3) is 0 Å². The number of likely N-dealkylation sites (tertiary alicyclic amines) is 1. The van der Waals surface area contributed by atoms with E-state index in [-0.39, 0.29) is 6.04 Å². The number of benzene rings is 1. The molecule has 0 radical (unpaired) electrons. The molecule has 1 amide bonds. The van der Waals surface area contributed by atoms with E-state index in [0.29, 0.717) is 12.5 Å². The molecular weight excluding hydrogens is 242 g/mol. The minimum atomic E-state index is -1.37. The van der Waals surface area contributed by atoms with Crippen LogP contribution in [0.15, 0.2) is 24.3 Å². The molecule has 0 saturated carbocycles. The van der Waals surface area contributed by atoms with Crippen LogP contribution in [0.5, 0.6) is 0 Å². The van der Waals surface area contributed by atoms with Gasteiger partial charge in [0.1, 0.15) is 0 Å². The number of nitrogens with zero attached hydrogens (tertiary/aromatic N) is 1. The molecule has 2 rings (SSSR count). The third-order valence-corrected chi connectivity index (χ3v) is 3.69. The van der Waals surface area contributed by atoms with Crippen molar-refractivity contribution in [2.24, 2.45) is 5.92 Å². The van der Waals surface area contributed by atoms with E-state index < -0.39 is 11.9 Å². The van der Waals surface area contributed by atoms with E-state index >= 15 is 0 Å². The Morgan fingerprint density at radius 3 is 2.68 bits per heavy atom. The monoisotopic (exact) mass is 261 g/mol. The second-order valence-electron chi connectivity index (χ2n) is 5.38. The number of aliphatic carboxylic acids is 1. The van der Waals surface area contributed by atoms with Crippen LogP contribution in [0.2, 0.25) is 0 Å². The molecular formula is C15H19NO3. The molecule has 1 aromatic rings. The van der Waals surface area contributed by atoms with Crippen molar-refractivity contribution in [2.45, 2.75) is 32.7 Å². The first-order chi connectivity index (χ1) is 8.99. The number of carboxylic acid groups (broad SMARTS) is 1. The first-order valence-corrected chi connectivity index (χ1v) is 6.59. The number of carboxylic acids is 1. The lowest BCUT2D eigenvalue weighted by Crippen LogP contribution is -2.44. The van der Waals surface area contributed by atoms with Crippen LogP contribution in [0.3, 0.4) is 0 Å². The highest BCUT2D eigenvalue weighted by molar-refractivity contribution is 6.31. The molecule has 1 aliphatic rings. The maximum Gasteiger partial charge on any atom is 0.394 e. The number of carbonyl (C=O) groups is 2. The van der Waals surface area contributed by atoms with Gasteiger partial charge in [0, 0.05) is 6.54 Å². The van der Waals surface area contributed by atoms with E-state index in [1.165, 1.54) is 4.90 Å². The van der Waals surface area contributed by atoms with Crippen LogP contribution in [0, 0.1) is 12.8 Å². The summed E-state index contributed by atoms with van der Waals surface area (Å²) in [5.74, 6) is -1.81.